The molecule has 4 aliphatic carbocycles. The second kappa shape index (κ2) is 8.48. The highest BCUT2D eigenvalue weighted by Crippen LogP contribution is 2.67. The Balaban J connectivity index is 0.000000384. The van der Waals surface area contributed by atoms with E-state index >= 15 is 0 Å². The largest absolute Gasteiger partial charge is 0.490 e. The minimum Gasteiger partial charge on any atom is -0.475 e. The number of hydrogen-bond donors (Lipinski definition) is 2. The van der Waals surface area contributed by atoms with Gasteiger partial charge in [0.15, 0.2) is 0 Å². The summed E-state index contributed by atoms with van der Waals surface area (Å²) in [4.78, 5) is 8.90. The van der Waals surface area contributed by atoms with E-state index in [4.69, 9.17) is 16.3 Å². The number of aliphatic carboxylic acids is 1. The van der Waals surface area contributed by atoms with Gasteiger partial charge in [-0.1, -0.05) is 19.8 Å². The minimum absolute atomic E-state index is 0.166. The van der Waals surface area contributed by atoms with Gasteiger partial charge in [-0.05, 0) is 86.0 Å². The van der Waals surface area contributed by atoms with Crippen LogP contribution in [0.3, 0.4) is 0 Å². The van der Waals surface area contributed by atoms with E-state index in [0.29, 0.717) is 23.7 Å². The first kappa shape index (κ1) is 27.0. The van der Waals surface area contributed by atoms with E-state index in [2.05, 4.69) is 24.9 Å². The molecule has 4 aliphatic rings. The zero-order valence-corrected chi connectivity index (χ0v) is 21.5. The van der Waals surface area contributed by atoms with Gasteiger partial charge in [0.05, 0.1) is 11.9 Å². The fourth-order valence-electron chi connectivity index (χ4n) is 7.95. The standard InChI is InChI=1S/C23H32N2O3S.C2HF3O2/c1-5-23(26)11-9-19-17-7-6-16-12-20-15(14-25(24-20)29(4,27)28)13-21(16,2)18(17)8-10-22(19,23)3;3-2(4,5)1(6)7/h1,14,16-19,26H,6-13H2,2-4H3;(H,6,7)/t16-,17+,18-,19-,21-,22-,23-;/m0./s1. The van der Waals surface area contributed by atoms with Gasteiger partial charge < -0.3 is 10.2 Å². The van der Waals surface area contributed by atoms with Crippen molar-refractivity contribution in [1.82, 2.24) is 9.19 Å². The Morgan fingerprint density at radius 2 is 1.81 bits per heavy atom. The summed E-state index contributed by atoms with van der Waals surface area (Å²) in [5, 5.41) is 22.7. The van der Waals surface area contributed by atoms with Crippen molar-refractivity contribution in [2.75, 3.05) is 6.26 Å². The number of carboxylic acids is 1. The summed E-state index contributed by atoms with van der Waals surface area (Å²) < 4.78 is 56.9. The van der Waals surface area contributed by atoms with Gasteiger partial charge >= 0.3 is 12.1 Å². The Labute approximate surface area is 209 Å². The van der Waals surface area contributed by atoms with Crippen molar-refractivity contribution in [3.05, 3.63) is 17.5 Å². The number of halogens is 3. The highest BCUT2D eigenvalue weighted by atomic mass is 32.2. The van der Waals surface area contributed by atoms with Crippen LogP contribution in [0, 0.1) is 46.8 Å². The van der Waals surface area contributed by atoms with Crippen LogP contribution < -0.4 is 0 Å². The molecule has 3 saturated carbocycles. The molecule has 200 valence electrons. The monoisotopic (exact) mass is 530 g/mol. The van der Waals surface area contributed by atoms with Crippen molar-refractivity contribution in [1.29, 1.82) is 0 Å². The molecule has 7 nitrogen and oxygen atoms in total. The number of carboxylic acid groups (broad SMARTS) is 1. The van der Waals surface area contributed by atoms with Crippen molar-refractivity contribution >= 4 is 16.0 Å². The van der Waals surface area contributed by atoms with Crippen molar-refractivity contribution in [2.45, 2.75) is 77.0 Å². The van der Waals surface area contributed by atoms with Gasteiger partial charge in [0.2, 0.25) is 0 Å². The number of alkyl halides is 3. The topological polar surface area (TPSA) is 109 Å². The molecule has 0 radical (unpaired) electrons. The first-order valence-electron chi connectivity index (χ1n) is 12.2. The molecular weight excluding hydrogens is 497 g/mol. The number of carbonyl (C=O) groups is 1. The third kappa shape index (κ3) is 4.14. The maximum Gasteiger partial charge on any atom is 0.490 e. The molecule has 1 aromatic heterocycles. The predicted octanol–water partition coefficient (Wildman–Crippen LogP) is 3.65. The number of aliphatic hydroxyl groups is 1. The van der Waals surface area contributed by atoms with Crippen molar-refractivity contribution in [3.8, 4) is 12.3 Å². The summed E-state index contributed by atoms with van der Waals surface area (Å²) in [6.45, 7) is 4.66. The Kier molecular flexibility index (Phi) is 6.36. The molecule has 0 spiro atoms. The molecule has 1 aromatic rings. The van der Waals surface area contributed by atoms with Crippen LogP contribution >= 0.6 is 0 Å². The van der Waals surface area contributed by atoms with Gasteiger partial charge in [0.25, 0.3) is 10.0 Å². The third-order valence-corrected chi connectivity index (χ3v) is 10.8. The number of nitrogens with zero attached hydrogens (tertiary/aromatic N) is 2. The predicted molar refractivity (Wildman–Crippen MR) is 125 cm³/mol. The summed E-state index contributed by atoms with van der Waals surface area (Å²) >= 11 is 0. The first-order valence-corrected chi connectivity index (χ1v) is 14.1. The second-order valence-electron chi connectivity index (χ2n) is 11.6. The zero-order valence-electron chi connectivity index (χ0n) is 20.7. The van der Waals surface area contributed by atoms with Gasteiger partial charge in [0, 0.05) is 11.6 Å². The van der Waals surface area contributed by atoms with Crippen LogP contribution in [-0.2, 0) is 27.7 Å². The van der Waals surface area contributed by atoms with E-state index in [-0.39, 0.29) is 10.8 Å². The molecule has 1 heterocycles. The highest BCUT2D eigenvalue weighted by molar-refractivity contribution is 7.89. The molecule has 7 atom stereocenters. The fraction of sp³-hybridized carbons (Fsp3) is 0.760. The normalized spacial score (nSPS) is 39.4. The molecule has 5 rings (SSSR count). The summed E-state index contributed by atoms with van der Waals surface area (Å²) in [6, 6.07) is 0. The number of aromatic nitrogens is 2. The summed E-state index contributed by atoms with van der Waals surface area (Å²) in [5.74, 6) is 2.25. The van der Waals surface area contributed by atoms with E-state index in [0.717, 1.165) is 60.3 Å². The van der Waals surface area contributed by atoms with Crippen molar-refractivity contribution in [3.63, 3.8) is 0 Å². The molecule has 0 bridgehead atoms. The highest BCUT2D eigenvalue weighted by Gasteiger charge is 2.64. The maximum absolute atomic E-state index is 12.0. The van der Waals surface area contributed by atoms with Crippen LogP contribution in [0.4, 0.5) is 13.2 Å². The van der Waals surface area contributed by atoms with Gasteiger partial charge in [0.1, 0.15) is 5.60 Å². The van der Waals surface area contributed by atoms with Crippen LogP contribution in [0.5, 0.6) is 0 Å². The Morgan fingerprint density at radius 3 is 2.36 bits per heavy atom. The molecule has 0 aromatic carbocycles. The average molecular weight is 531 g/mol. The van der Waals surface area contributed by atoms with E-state index < -0.39 is 27.8 Å². The Bertz CT molecular complexity index is 1210. The second-order valence-corrected chi connectivity index (χ2v) is 13.4. The van der Waals surface area contributed by atoms with Crippen LogP contribution in [0.15, 0.2) is 6.20 Å². The molecule has 11 heteroatoms. The summed E-state index contributed by atoms with van der Waals surface area (Å²) in [7, 11) is -3.35. The van der Waals surface area contributed by atoms with Crippen LogP contribution in [0.2, 0.25) is 0 Å². The van der Waals surface area contributed by atoms with Gasteiger partial charge in [-0.15, -0.1) is 6.42 Å². The van der Waals surface area contributed by atoms with E-state index in [1.165, 1.54) is 12.7 Å². The van der Waals surface area contributed by atoms with Gasteiger partial charge in [-0.25, -0.2) is 13.2 Å². The average Bonchev–Trinajstić information content (AvgIpc) is 3.30. The Hall–Kier alpha value is -2.06. The lowest BCUT2D eigenvalue weighted by molar-refractivity contribution is -0.192. The minimum atomic E-state index is -5.08. The van der Waals surface area contributed by atoms with Crippen LogP contribution in [0.25, 0.3) is 0 Å². The molecule has 3 fully saturated rings. The lowest BCUT2D eigenvalue weighted by Crippen LogP contribution is -2.56. The van der Waals surface area contributed by atoms with E-state index in [1.54, 1.807) is 6.20 Å². The van der Waals surface area contributed by atoms with Crippen LogP contribution in [-0.4, -0.2) is 51.8 Å². The Morgan fingerprint density at radius 1 is 1.19 bits per heavy atom. The smallest absolute Gasteiger partial charge is 0.475 e. The van der Waals surface area contributed by atoms with E-state index in [1.807, 2.05) is 0 Å². The van der Waals surface area contributed by atoms with Crippen molar-refractivity contribution < 1.29 is 36.6 Å². The molecular formula is C25H33F3N2O5S. The lowest BCUT2D eigenvalue weighted by Gasteiger charge is -2.60. The zero-order chi connectivity index (χ0) is 26.9. The van der Waals surface area contributed by atoms with Gasteiger partial charge in [-0.3, -0.25) is 0 Å². The molecule has 0 aliphatic heterocycles. The SMILES string of the molecule is C#C[C@]1(O)CC[C@H]2[C@@H]3CC[C@H]4Cc5nn(S(C)(=O)=O)cc5C[C@]4(C)[C@H]3CC[C@@]21C.O=C(O)C(F)(F)F. The number of fused-ring (bicyclic) bond motifs is 6. The number of hydrogen-bond acceptors (Lipinski definition) is 5. The van der Waals surface area contributed by atoms with Crippen molar-refractivity contribution in [2.24, 2.45) is 34.5 Å². The molecule has 2 N–H and O–H groups in total. The summed E-state index contributed by atoms with van der Waals surface area (Å²) in [6.07, 6.45) is 11.6. The summed E-state index contributed by atoms with van der Waals surface area (Å²) in [5.41, 5.74) is 1.11. The quantitative estimate of drug-likeness (QED) is 0.537. The number of rotatable bonds is 1. The third-order valence-electron chi connectivity index (χ3n) is 9.91. The van der Waals surface area contributed by atoms with Crippen LogP contribution in [0.1, 0.15) is 63.6 Å². The van der Waals surface area contributed by atoms with Gasteiger partial charge in [-0.2, -0.15) is 22.4 Å². The van der Waals surface area contributed by atoms with E-state index in [9.17, 15) is 26.7 Å². The molecule has 36 heavy (non-hydrogen) atoms. The molecule has 0 amide bonds. The first-order chi connectivity index (χ1) is 16.5. The fourth-order valence-corrected chi connectivity index (χ4v) is 8.52. The molecule has 0 saturated heterocycles. The number of terminal acetylenes is 1. The molecule has 0 unspecified atom stereocenters. The maximum atomic E-state index is 12.0. The lowest BCUT2D eigenvalue weighted by atomic mass is 9.44.